The second kappa shape index (κ2) is 4.49. The van der Waals surface area contributed by atoms with Gasteiger partial charge in [0, 0.05) is 25.2 Å². The van der Waals surface area contributed by atoms with Gasteiger partial charge in [0.25, 0.3) is 0 Å². The van der Waals surface area contributed by atoms with Crippen LogP contribution in [0.25, 0.3) is 0 Å². The lowest BCUT2D eigenvalue weighted by atomic mass is 9.98. The molecule has 2 fully saturated rings. The van der Waals surface area contributed by atoms with Crippen molar-refractivity contribution in [2.75, 3.05) is 20.6 Å². The van der Waals surface area contributed by atoms with E-state index >= 15 is 0 Å². The van der Waals surface area contributed by atoms with Gasteiger partial charge >= 0.3 is 0 Å². The van der Waals surface area contributed by atoms with Crippen LogP contribution in [0, 0.1) is 0 Å². The maximum Gasteiger partial charge on any atom is 0.233 e. The molecule has 4 heteroatoms. The molecule has 0 aromatic carbocycles. The van der Waals surface area contributed by atoms with Crippen molar-refractivity contribution in [2.24, 2.45) is 0 Å². The first-order valence-corrected chi connectivity index (χ1v) is 5.86. The van der Waals surface area contributed by atoms with Crippen molar-refractivity contribution in [3.05, 3.63) is 0 Å². The molecule has 0 radical (unpaired) electrons. The van der Waals surface area contributed by atoms with E-state index in [1.165, 1.54) is 25.7 Å². The molecule has 4 nitrogen and oxygen atoms in total. The molecule has 86 valence electrons. The highest BCUT2D eigenvalue weighted by Crippen LogP contribution is 2.28. The molecule has 2 saturated heterocycles. The van der Waals surface area contributed by atoms with E-state index in [1.807, 2.05) is 0 Å². The van der Waals surface area contributed by atoms with Gasteiger partial charge in [0.15, 0.2) is 0 Å². The Kier molecular flexibility index (Phi) is 3.26. The summed E-state index contributed by atoms with van der Waals surface area (Å²) in [6, 6.07) is 1.97. The van der Waals surface area contributed by atoms with E-state index in [1.54, 1.807) is 7.05 Å². The van der Waals surface area contributed by atoms with Crippen LogP contribution in [0.3, 0.4) is 0 Å². The largest absolute Gasteiger partial charge is 0.358 e. The number of carbonyl (C=O) groups is 1. The fraction of sp³-hybridized carbons (Fsp3) is 0.909. The Hall–Kier alpha value is -0.610. The standard InChI is InChI=1S/C11H21N3O/c1-12-11(15)7-14(2)10-5-8-3-4-9(6-10)13-8/h8-10,13H,3-7H2,1-2H3,(H,12,15). The molecule has 15 heavy (non-hydrogen) atoms. The summed E-state index contributed by atoms with van der Waals surface area (Å²) in [4.78, 5) is 13.5. The number of hydrogen-bond acceptors (Lipinski definition) is 3. The van der Waals surface area contributed by atoms with E-state index in [4.69, 9.17) is 0 Å². The summed E-state index contributed by atoms with van der Waals surface area (Å²) in [6.07, 6.45) is 5.03. The predicted octanol–water partition coefficient (Wildman–Crippen LogP) is -0.0528. The predicted molar refractivity (Wildman–Crippen MR) is 59.7 cm³/mol. The molecule has 0 aromatic heterocycles. The highest BCUT2D eigenvalue weighted by Gasteiger charge is 2.35. The lowest BCUT2D eigenvalue weighted by molar-refractivity contribution is -0.122. The lowest BCUT2D eigenvalue weighted by Gasteiger charge is -2.35. The van der Waals surface area contributed by atoms with Crippen LogP contribution < -0.4 is 10.6 Å². The third-order valence-corrected chi connectivity index (χ3v) is 3.74. The van der Waals surface area contributed by atoms with Gasteiger partial charge in [-0.05, 0) is 32.7 Å². The molecule has 0 aliphatic carbocycles. The van der Waals surface area contributed by atoms with Gasteiger partial charge in [-0.2, -0.15) is 0 Å². The van der Waals surface area contributed by atoms with Crippen LogP contribution >= 0.6 is 0 Å². The van der Waals surface area contributed by atoms with Crippen molar-refractivity contribution >= 4 is 5.91 Å². The zero-order valence-electron chi connectivity index (χ0n) is 9.62. The van der Waals surface area contributed by atoms with E-state index in [-0.39, 0.29) is 5.91 Å². The fourth-order valence-corrected chi connectivity index (χ4v) is 2.82. The van der Waals surface area contributed by atoms with Crippen LogP contribution in [-0.2, 0) is 4.79 Å². The van der Waals surface area contributed by atoms with Gasteiger partial charge in [0.05, 0.1) is 6.54 Å². The number of fused-ring (bicyclic) bond motifs is 2. The summed E-state index contributed by atoms with van der Waals surface area (Å²) in [6.45, 7) is 0.528. The van der Waals surface area contributed by atoms with Crippen LogP contribution in [0.1, 0.15) is 25.7 Å². The molecule has 2 aliphatic heterocycles. The summed E-state index contributed by atoms with van der Waals surface area (Å²) in [5.74, 6) is 0.114. The van der Waals surface area contributed by atoms with Crippen molar-refractivity contribution in [3.8, 4) is 0 Å². The molecule has 2 heterocycles. The molecular weight excluding hydrogens is 190 g/mol. The number of piperidine rings is 1. The Balaban J connectivity index is 1.85. The monoisotopic (exact) mass is 211 g/mol. The number of carbonyl (C=O) groups excluding carboxylic acids is 1. The Bertz CT molecular complexity index is 232. The van der Waals surface area contributed by atoms with Crippen molar-refractivity contribution in [2.45, 2.75) is 43.8 Å². The van der Waals surface area contributed by atoms with Gasteiger partial charge < -0.3 is 10.6 Å². The normalized spacial score (nSPS) is 34.5. The number of amides is 1. The third kappa shape index (κ3) is 2.49. The van der Waals surface area contributed by atoms with E-state index in [9.17, 15) is 4.79 Å². The van der Waals surface area contributed by atoms with Gasteiger partial charge in [-0.1, -0.05) is 0 Å². The molecule has 0 spiro atoms. The highest BCUT2D eigenvalue weighted by molar-refractivity contribution is 5.77. The number of nitrogens with one attached hydrogen (secondary N) is 2. The first kappa shape index (κ1) is 10.9. The zero-order valence-corrected chi connectivity index (χ0v) is 9.62. The van der Waals surface area contributed by atoms with Crippen LogP contribution in [0.2, 0.25) is 0 Å². The number of nitrogens with zero attached hydrogens (tertiary/aromatic N) is 1. The van der Waals surface area contributed by atoms with Gasteiger partial charge in [0.2, 0.25) is 5.91 Å². The lowest BCUT2D eigenvalue weighted by Crippen LogP contribution is -2.49. The smallest absolute Gasteiger partial charge is 0.233 e. The van der Waals surface area contributed by atoms with Crippen LogP contribution in [-0.4, -0.2) is 49.6 Å². The van der Waals surface area contributed by atoms with E-state index in [2.05, 4.69) is 22.6 Å². The number of likely N-dealkylation sites (N-methyl/N-ethyl adjacent to an activating group) is 2. The minimum absolute atomic E-state index is 0.114. The van der Waals surface area contributed by atoms with Crippen LogP contribution in [0.4, 0.5) is 0 Å². The van der Waals surface area contributed by atoms with E-state index in [0.717, 1.165) is 0 Å². The van der Waals surface area contributed by atoms with Crippen molar-refractivity contribution < 1.29 is 4.79 Å². The SMILES string of the molecule is CNC(=O)CN(C)C1CC2CCC(C1)N2. The summed E-state index contributed by atoms with van der Waals surface area (Å²) in [5.41, 5.74) is 0. The van der Waals surface area contributed by atoms with Gasteiger partial charge in [-0.3, -0.25) is 9.69 Å². The molecule has 1 amide bonds. The molecule has 2 rings (SSSR count). The van der Waals surface area contributed by atoms with Crippen LogP contribution in [0.5, 0.6) is 0 Å². The van der Waals surface area contributed by atoms with Crippen molar-refractivity contribution in [1.82, 2.24) is 15.5 Å². The first-order valence-electron chi connectivity index (χ1n) is 5.86. The van der Waals surface area contributed by atoms with Gasteiger partial charge in [-0.15, -0.1) is 0 Å². The fourth-order valence-electron chi connectivity index (χ4n) is 2.82. The average molecular weight is 211 g/mol. The first-order chi connectivity index (χ1) is 7.19. The molecule has 0 saturated carbocycles. The van der Waals surface area contributed by atoms with Gasteiger partial charge in [-0.25, -0.2) is 0 Å². The Morgan fingerprint density at radius 1 is 1.40 bits per heavy atom. The maximum absolute atomic E-state index is 11.3. The minimum atomic E-state index is 0.114. The molecule has 0 aromatic rings. The zero-order chi connectivity index (χ0) is 10.8. The summed E-state index contributed by atoms with van der Waals surface area (Å²) < 4.78 is 0. The number of hydrogen-bond donors (Lipinski definition) is 2. The topological polar surface area (TPSA) is 44.4 Å². The van der Waals surface area contributed by atoms with Crippen LogP contribution in [0.15, 0.2) is 0 Å². The number of rotatable bonds is 3. The Morgan fingerprint density at radius 2 is 2.00 bits per heavy atom. The average Bonchev–Trinajstić information content (AvgIpc) is 2.57. The quantitative estimate of drug-likeness (QED) is 0.688. The third-order valence-electron chi connectivity index (χ3n) is 3.74. The Morgan fingerprint density at radius 3 is 2.53 bits per heavy atom. The summed E-state index contributed by atoms with van der Waals surface area (Å²) in [5, 5.41) is 6.29. The molecule has 2 atom stereocenters. The highest BCUT2D eigenvalue weighted by atomic mass is 16.1. The molecule has 2 unspecified atom stereocenters. The molecular formula is C11H21N3O. The van der Waals surface area contributed by atoms with Crippen molar-refractivity contribution in [3.63, 3.8) is 0 Å². The van der Waals surface area contributed by atoms with E-state index in [0.29, 0.717) is 24.7 Å². The molecule has 2 bridgehead atoms. The summed E-state index contributed by atoms with van der Waals surface area (Å²) >= 11 is 0. The summed E-state index contributed by atoms with van der Waals surface area (Å²) in [7, 11) is 3.76. The second-order valence-corrected chi connectivity index (χ2v) is 4.85. The minimum Gasteiger partial charge on any atom is -0.358 e. The Labute approximate surface area is 91.4 Å². The van der Waals surface area contributed by atoms with E-state index < -0.39 is 0 Å². The molecule has 2 aliphatic rings. The molecule has 2 N–H and O–H groups in total. The second-order valence-electron chi connectivity index (χ2n) is 4.85. The maximum atomic E-state index is 11.3. The van der Waals surface area contributed by atoms with Crippen molar-refractivity contribution in [1.29, 1.82) is 0 Å². The van der Waals surface area contributed by atoms with Gasteiger partial charge in [0.1, 0.15) is 0 Å².